The van der Waals surface area contributed by atoms with Crippen molar-refractivity contribution in [3.05, 3.63) is 39.3 Å². The van der Waals surface area contributed by atoms with Crippen LogP contribution in [-0.2, 0) is 6.42 Å². The Balaban J connectivity index is 2.31. The summed E-state index contributed by atoms with van der Waals surface area (Å²) in [7, 11) is 1.96. The fourth-order valence-corrected chi connectivity index (χ4v) is 3.34. The monoisotopic (exact) mass is 310 g/mol. The van der Waals surface area contributed by atoms with E-state index in [4.69, 9.17) is 4.98 Å². The van der Waals surface area contributed by atoms with E-state index in [2.05, 4.69) is 52.4 Å². The average molecular weight is 311 g/mol. The van der Waals surface area contributed by atoms with Crippen molar-refractivity contribution in [2.75, 3.05) is 13.6 Å². The number of hydrogen-bond donors (Lipinski definition) is 1. The molecule has 0 spiro atoms. The van der Waals surface area contributed by atoms with Gasteiger partial charge in [-0.05, 0) is 35.5 Å². The third-order valence-electron chi connectivity index (χ3n) is 2.64. The number of thiazole rings is 1. The zero-order valence-electron chi connectivity index (χ0n) is 9.96. The van der Waals surface area contributed by atoms with Crippen LogP contribution in [0.3, 0.4) is 0 Å². The standard InChI is InChI=1S/C13H15BrN2S/c1-9-5-3-4-6-10(9)13-16-11(7-8-15-2)12(14)17-13/h3-6,15H,7-8H2,1-2H3. The van der Waals surface area contributed by atoms with Crippen molar-refractivity contribution < 1.29 is 0 Å². The second kappa shape index (κ2) is 5.76. The smallest absolute Gasteiger partial charge is 0.124 e. The number of hydrogen-bond acceptors (Lipinski definition) is 3. The van der Waals surface area contributed by atoms with Gasteiger partial charge in [0.15, 0.2) is 0 Å². The third-order valence-corrected chi connectivity index (χ3v) is 4.50. The number of aryl methyl sites for hydroxylation is 1. The van der Waals surface area contributed by atoms with E-state index in [1.807, 2.05) is 7.05 Å². The van der Waals surface area contributed by atoms with Gasteiger partial charge in [-0.1, -0.05) is 24.3 Å². The average Bonchev–Trinajstić information content (AvgIpc) is 2.68. The molecule has 0 amide bonds. The van der Waals surface area contributed by atoms with Crippen molar-refractivity contribution in [3.63, 3.8) is 0 Å². The van der Waals surface area contributed by atoms with E-state index in [0.717, 1.165) is 27.5 Å². The van der Waals surface area contributed by atoms with Crippen LogP contribution in [0.1, 0.15) is 11.3 Å². The van der Waals surface area contributed by atoms with Crippen molar-refractivity contribution >= 4 is 27.3 Å². The predicted molar refractivity (Wildman–Crippen MR) is 77.6 cm³/mol. The lowest BCUT2D eigenvalue weighted by Gasteiger charge is -2.00. The molecule has 90 valence electrons. The first-order valence-corrected chi connectivity index (χ1v) is 7.19. The fourth-order valence-electron chi connectivity index (χ4n) is 1.66. The van der Waals surface area contributed by atoms with Crippen LogP contribution < -0.4 is 5.32 Å². The van der Waals surface area contributed by atoms with Gasteiger partial charge in [-0.15, -0.1) is 11.3 Å². The maximum absolute atomic E-state index is 4.71. The molecule has 0 aliphatic heterocycles. The molecule has 4 heteroatoms. The first-order chi connectivity index (χ1) is 8.22. The van der Waals surface area contributed by atoms with Crippen molar-refractivity contribution in [2.24, 2.45) is 0 Å². The van der Waals surface area contributed by atoms with E-state index in [1.54, 1.807) is 11.3 Å². The minimum Gasteiger partial charge on any atom is -0.319 e. The van der Waals surface area contributed by atoms with E-state index in [9.17, 15) is 0 Å². The van der Waals surface area contributed by atoms with E-state index < -0.39 is 0 Å². The van der Waals surface area contributed by atoms with Gasteiger partial charge in [0.2, 0.25) is 0 Å². The Morgan fingerprint density at radius 3 is 2.82 bits per heavy atom. The van der Waals surface area contributed by atoms with E-state index in [1.165, 1.54) is 11.1 Å². The number of nitrogens with zero attached hydrogens (tertiary/aromatic N) is 1. The van der Waals surface area contributed by atoms with Crippen LogP contribution in [0.4, 0.5) is 0 Å². The Morgan fingerprint density at radius 1 is 1.35 bits per heavy atom. The summed E-state index contributed by atoms with van der Waals surface area (Å²) in [6, 6.07) is 8.37. The molecule has 17 heavy (non-hydrogen) atoms. The zero-order chi connectivity index (χ0) is 12.3. The van der Waals surface area contributed by atoms with Crippen molar-refractivity contribution in [3.8, 4) is 10.6 Å². The first kappa shape index (κ1) is 12.7. The maximum Gasteiger partial charge on any atom is 0.124 e. The molecule has 1 heterocycles. The summed E-state index contributed by atoms with van der Waals surface area (Å²) in [5, 5.41) is 4.25. The quantitative estimate of drug-likeness (QED) is 0.932. The van der Waals surface area contributed by atoms with Gasteiger partial charge in [0, 0.05) is 18.5 Å². The fraction of sp³-hybridized carbons (Fsp3) is 0.308. The number of rotatable bonds is 4. The largest absolute Gasteiger partial charge is 0.319 e. The van der Waals surface area contributed by atoms with E-state index >= 15 is 0 Å². The molecule has 2 aromatic rings. The SMILES string of the molecule is CNCCc1nc(-c2ccccc2C)sc1Br. The summed E-state index contributed by atoms with van der Waals surface area (Å²) in [5.74, 6) is 0. The zero-order valence-corrected chi connectivity index (χ0v) is 12.4. The molecule has 0 unspecified atom stereocenters. The van der Waals surface area contributed by atoms with Crippen molar-refractivity contribution in [1.82, 2.24) is 10.3 Å². The summed E-state index contributed by atoms with van der Waals surface area (Å²) in [6.45, 7) is 3.08. The Morgan fingerprint density at radius 2 is 2.12 bits per heavy atom. The molecule has 0 saturated carbocycles. The maximum atomic E-state index is 4.71. The topological polar surface area (TPSA) is 24.9 Å². The molecule has 0 radical (unpaired) electrons. The van der Waals surface area contributed by atoms with Gasteiger partial charge in [0.05, 0.1) is 9.48 Å². The second-order valence-corrected chi connectivity index (χ2v) is 6.22. The molecule has 1 N–H and O–H groups in total. The van der Waals surface area contributed by atoms with Gasteiger partial charge in [0.25, 0.3) is 0 Å². The number of likely N-dealkylation sites (N-methyl/N-ethyl adjacent to an activating group) is 1. The van der Waals surface area contributed by atoms with Crippen LogP contribution in [0, 0.1) is 6.92 Å². The molecular formula is C13H15BrN2S. The van der Waals surface area contributed by atoms with E-state index in [-0.39, 0.29) is 0 Å². The summed E-state index contributed by atoms with van der Waals surface area (Å²) in [6.07, 6.45) is 0.958. The second-order valence-electron chi connectivity index (χ2n) is 3.91. The van der Waals surface area contributed by atoms with Gasteiger partial charge < -0.3 is 5.32 Å². The lowest BCUT2D eigenvalue weighted by Crippen LogP contribution is -2.10. The molecule has 2 nitrogen and oxygen atoms in total. The third kappa shape index (κ3) is 2.94. The minimum absolute atomic E-state index is 0.954. The Kier molecular flexibility index (Phi) is 4.31. The van der Waals surface area contributed by atoms with Gasteiger partial charge in [0.1, 0.15) is 5.01 Å². The molecule has 0 aliphatic carbocycles. The van der Waals surface area contributed by atoms with E-state index in [0.29, 0.717) is 0 Å². The summed E-state index contributed by atoms with van der Waals surface area (Å²) in [5.41, 5.74) is 3.64. The first-order valence-electron chi connectivity index (χ1n) is 5.58. The number of halogens is 1. The molecule has 0 bridgehead atoms. The van der Waals surface area contributed by atoms with Crippen LogP contribution in [0.5, 0.6) is 0 Å². The van der Waals surface area contributed by atoms with Crippen molar-refractivity contribution in [1.29, 1.82) is 0 Å². The van der Waals surface area contributed by atoms with Crippen LogP contribution in [-0.4, -0.2) is 18.6 Å². The number of aromatic nitrogens is 1. The van der Waals surface area contributed by atoms with Crippen LogP contribution in [0.25, 0.3) is 10.6 Å². The Labute approximate surface area is 114 Å². The Bertz CT molecular complexity index is 508. The van der Waals surface area contributed by atoms with Gasteiger partial charge >= 0.3 is 0 Å². The van der Waals surface area contributed by atoms with Crippen LogP contribution in [0.15, 0.2) is 28.1 Å². The predicted octanol–water partition coefficient (Wildman–Crippen LogP) is 3.64. The molecule has 1 aromatic carbocycles. The highest BCUT2D eigenvalue weighted by Gasteiger charge is 2.11. The van der Waals surface area contributed by atoms with Gasteiger partial charge in [-0.2, -0.15) is 0 Å². The molecule has 1 aromatic heterocycles. The van der Waals surface area contributed by atoms with Gasteiger partial charge in [-0.3, -0.25) is 0 Å². The highest BCUT2D eigenvalue weighted by Crippen LogP contribution is 2.33. The van der Waals surface area contributed by atoms with Crippen molar-refractivity contribution in [2.45, 2.75) is 13.3 Å². The van der Waals surface area contributed by atoms with Crippen LogP contribution >= 0.6 is 27.3 Å². The molecule has 0 atom stereocenters. The normalized spacial score (nSPS) is 10.8. The minimum atomic E-state index is 0.954. The molecule has 0 saturated heterocycles. The highest BCUT2D eigenvalue weighted by molar-refractivity contribution is 9.11. The Hall–Kier alpha value is -0.710. The van der Waals surface area contributed by atoms with Gasteiger partial charge in [-0.25, -0.2) is 4.98 Å². The summed E-state index contributed by atoms with van der Waals surface area (Å²) < 4.78 is 1.14. The molecular weight excluding hydrogens is 296 g/mol. The lowest BCUT2D eigenvalue weighted by molar-refractivity contribution is 0.779. The summed E-state index contributed by atoms with van der Waals surface area (Å²) in [4.78, 5) is 4.71. The number of benzene rings is 1. The summed E-state index contributed by atoms with van der Waals surface area (Å²) >= 11 is 5.31. The van der Waals surface area contributed by atoms with Crippen LogP contribution in [0.2, 0.25) is 0 Å². The lowest BCUT2D eigenvalue weighted by atomic mass is 10.1. The number of nitrogens with one attached hydrogen (secondary N) is 1. The molecule has 0 fully saturated rings. The molecule has 0 aliphatic rings. The highest BCUT2D eigenvalue weighted by atomic mass is 79.9. The molecule has 2 rings (SSSR count).